The maximum Gasteiger partial charge on any atom is 0.0602 e. The van der Waals surface area contributed by atoms with Gasteiger partial charge in [-0.05, 0) is 0 Å². The van der Waals surface area contributed by atoms with Gasteiger partial charge in [-0.1, -0.05) is 25.9 Å². The molecular weight excluding hydrogens is 119 g/mol. The predicted octanol–water partition coefficient (Wildman–Crippen LogP) is 2.13. The first-order valence-corrected chi connectivity index (χ1v) is 5.27. The first-order chi connectivity index (χ1) is 3.35. The summed E-state index contributed by atoms with van der Waals surface area (Å²) in [7, 11) is -0.407. The topological polar surface area (TPSA) is 0 Å². The molecule has 0 atom stereocenters. The van der Waals surface area contributed by atoms with E-state index in [-0.39, 0.29) is 4.70 Å². The van der Waals surface area contributed by atoms with Crippen molar-refractivity contribution in [3.8, 4) is 0 Å². The van der Waals surface area contributed by atoms with Crippen LogP contribution in [0.2, 0.25) is 12.1 Å². The largest absolute Gasteiger partial charge is 0.269 e. The summed E-state index contributed by atoms with van der Waals surface area (Å²) in [6.07, 6.45) is 0. The van der Waals surface area contributed by atoms with E-state index < -0.39 is 8.80 Å². The highest BCUT2D eigenvalue weighted by molar-refractivity contribution is 6.63. The van der Waals surface area contributed by atoms with Crippen LogP contribution < -0.4 is 0 Å². The van der Waals surface area contributed by atoms with E-state index in [0.717, 1.165) is 0 Å². The van der Waals surface area contributed by atoms with Crippen molar-refractivity contribution in [3.05, 3.63) is 12.3 Å². The molecule has 0 amide bonds. The highest BCUT2D eigenvalue weighted by atomic mass is 28.3. The minimum Gasteiger partial charge on any atom is -0.269 e. The van der Waals surface area contributed by atoms with Crippen LogP contribution in [0.25, 0.3) is 0 Å². The molecule has 0 unspecified atom stereocenters. The Labute approximate surface area is 52.6 Å². The van der Waals surface area contributed by atoms with Gasteiger partial charge < -0.3 is 0 Å². The van der Waals surface area contributed by atoms with Crippen molar-refractivity contribution in [2.24, 2.45) is 0 Å². The average molecular weight is 134 g/mol. The summed E-state index contributed by atoms with van der Waals surface area (Å²) in [5.74, 6) is 0. The van der Waals surface area contributed by atoms with E-state index >= 15 is 0 Å². The fourth-order valence-corrected chi connectivity index (χ4v) is 1.87. The normalized spacial score (nSPS) is 8.38. The highest BCUT2D eigenvalue weighted by Gasteiger charge is 1.95. The first kappa shape index (κ1) is 10.8. The van der Waals surface area contributed by atoms with Crippen molar-refractivity contribution in [3.63, 3.8) is 0 Å². The molecule has 0 N–H and O–H groups in total. The summed E-state index contributed by atoms with van der Waals surface area (Å²) in [6.45, 7) is 8.27. The molecule has 0 saturated carbocycles. The zero-order chi connectivity index (χ0) is 5.70. The molecule has 2 heteroatoms. The summed E-state index contributed by atoms with van der Waals surface area (Å²) in [5.41, 5.74) is 2.17. The van der Waals surface area contributed by atoms with Crippen molar-refractivity contribution in [1.82, 2.24) is 0 Å². The quantitative estimate of drug-likeness (QED) is 0.519. The van der Waals surface area contributed by atoms with Crippen LogP contribution in [0.5, 0.6) is 0 Å². The Hall–Kier alpha value is -0.113. The zero-order valence-electron chi connectivity index (χ0n) is 5.68. The lowest BCUT2D eigenvalue weighted by molar-refractivity contribution is 1.11. The maximum absolute atomic E-state index is 3.76. The van der Waals surface area contributed by atoms with E-state index in [1.807, 2.05) is 0 Å². The zero-order valence-corrected chi connectivity index (χ0v) is 6.84. The van der Waals surface area contributed by atoms with Gasteiger partial charge in [0.05, 0.1) is 8.80 Å². The number of hydrogen-bond donors (Lipinski definition) is 0. The molecule has 0 radical (unpaired) electrons. The van der Waals surface area contributed by atoms with E-state index in [2.05, 4.69) is 26.1 Å². The lowest BCUT2D eigenvalue weighted by Gasteiger charge is -1.98. The van der Waals surface area contributed by atoms with Gasteiger partial charge in [-0.3, -0.25) is 4.70 Å². The van der Waals surface area contributed by atoms with Crippen LogP contribution >= 0.6 is 0 Å². The average Bonchev–Trinajstić information content (AvgIpc) is 1.72. The molecule has 0 nitrogen and oxygen atoms in total. The van der Waals surface area contributed by atoms with Gasteiger partial charge in [0.2, 0.25) is 0 Å². The summed E-state index contributed by atoms with van der Waals surface area (Å²) in [6, 6.07) is 2.75. The van der Waals surface area contributed by atoms with E-state index in [0.29, 0.717) is 0 Å². The molecule has 0 aromatic rings. The van der Waals surface area contributed by atoms with Gasteiger partial charge in [0.15, 0.2) is 0 Å². The van der Waals surface area contributed by atoms with Crippen LogP contribution in [0.3, 0.4) is 0 Å². The first-order valence-electron chi connectivity index (χ1n) is 2.97. The molecule has 0 rings (SSSR count). The van der Waals surface area contributed by atoms with Gasteiger partial charge in [0.25, 0.3) is 0 Å². The van der Waals surface area contributed by atoms with E-state index in [1.165, 1.54) is 12.1 Å². The molecule has 0 heterocycles. The highest BCUT2D eigenvalue weighted by Crippen LogP contribution is 1.96. The van der Waals surface area contributed by atoms with Crippen molar-refractivity contribution in [1.29, 1.82) is 0 Å². The van der Waals surface area contributed by atoms with Crippen LogP contribution in [-0.2, 0) is 0 Å². The second-order valence-electron chi connectivity index (χ2n) is 1.81. The molecule has 0 saturated heterocycles. The standard InChI is InChI=1S/C6H14Si.FH/c1-4-7(5-2)6-3;/h4,7H,1,5-6H2,2-3H3;1H. The third-order valence-corrected chi connectivity index (χ3v) is 4.15. The van der Waals surface area contributed by atoms with Gasteiger partial charge >= 0.3 is 0 Å². The third-order valence-electron chi connectivity index (χ3n) is 1.38. The molecule has 0 fully saturated rings. The molecule has 0 aromatic heterocycles. The van der Waals surface area contributed by atoms with Gasteiger partial charge in [0.1, 0.15) is 0 Å². The fourth-order valence-electron chi connectivity index (χ4n) is 0.622. The number of rotatable bonds is 3. The number of hydrogen-bond acceptors (Lipinski definition) is 0. The second-order valence-corrected chi connectivity index (χ2v) is 5.44. The Bertz CT molecular complexity index is 50.5. The summed E-state index contributed by atoms with van der Waals surface area (Å²) >= 11 is 0. The van der Waals surface area contributed by atoms with Crippen molar-refractivity contribution in [2.75, 3.05) is 0 Å². The van der Waals surface area contributed by atoms with Crippen molar-refractivity contribution < 1.29 is 4.70 Å². The minimum absolute atomic E-state index is 0. The van der Waals surface area contributed by atoms with Gasteiger partial charge in [0, 0.05) is 0 Å². The van der Waals surface area contributed by atoms with Crippen molar-refractivity contribution >= 4 is 8.80 Å². The molecular formula is C6H15FSi. The van der Waals surface area contributed by atoms with Crippen LogP contribution in [0.15, 0.2) is 12.3 Å². The SMILES string of the molecule is C=C[SiH](CC)CC.F. The van der Waals surface area contributed by atoms with E-state index in [4.69, 9.17) is 0 Å². The minimum atomic E-state index is -0.407. The Balaban J connectivity index is 0. The predicted molar refractivity (Wildman–Crippen MR) is 40.8 cm³/mol. The summed E-state index contributed by atoms with van der Waals surface area (Å²) in [5, 5.41) is 0. The van der Waals surface area contributed by atoms with E-state index in [9.17, 15) is 0 Å². The Morgan fingerprint density at radius 3 is 1.75 bits per heavy atom. The molecule has 50 valence electrons. The van der Waals surface area contributed by atoms with Crippen LogP contribution in [-0.4, -0.2) is 8.80 Å². The molecule has 0 aliphatic heterocycles. The monoisotopic (exact) mass is 134 g/mol. The van der Waals surface area contributed by atoms with Gasteiger partial charge in [-0.2, -0.15) is 0 Å². The van der Waals surface area contributed by atoms with Crippen molar-refractivity contribution in [2.45, 2.75) is 25.9 Å². The molecule has 0 aliphatic rings. The van der Waals surface area contributed by atoms with Gasteiger partial charge in [-0.15, -0.1) is 12.3 Å². The smallest absolute Gasteiger partial charge is 0.0602 e. The molecule has 0 bridgehead atoms. The van der Waals surface area contributed by atoms with Crippen LogP contribution in [0.1, 0.15) is 13.8 Å². The summed E-state index contributed by atoms with van der Waals surface area (Å²) in [4.78, 5) is 0. The van der Waals surface area contributed by atoms with Gasteiger partial charge in [-0.25, -0.2) is 0 Å². The fraction of sp³-hybridized carbons (Fsp3) is 0.667. The lowest BCUT2D eigenvalue weighted by atomic mass is 10.9. The third kappa shape index (κ3) is 4.06. The number of halogens is 1. The molecule has 0 aromatic carbocycles. The van der Waals surface area contributed by atoms with Crippen LogP contribution in [0.4, 0.5) is 4.70 Å². The van der Waals surface area contributed by atoms with Crippen LogP contribution in [0, 0.1) is 0 Å². The Morgan fingerprint density at radius 2 is 1.75 bits per heavy atom. The van der Waals surface area contributed by atoms with E-state index in [1.54, 1.807) is 0 Å². The Morgan fingerprint density at radius 1 is 1.38 bits per heavy atom. The molecule has 8 heavy (non-hydrogen) atoms. The molecule has 0 aliphatic carbocycles. The Kier molecular flexibility index (Phi) is 9.29. The maximum atomic E-state index is 3.76. The summed E-state index contributed by atoms with van der Waals surface area (Å²) < 4.78 is 0. The molecule has 0 spiro atoms. The second kappa shape index (κ2) is 6.89. The lowest BCUT2D eigenvalue weighted by Crippen LogP contribution is -2.02.